The van der Waals surface area contributed by atoms with Crippen LogP contribution in [-0.2, 0) is 19.7 Å². The average molecular weight is 473 g/mol. The van der Waals surface area contributed by atoms with Crippen LogP contribution in [0.2, 0.25) is 5.15 Å². The van der Waals surface area contributed by atoms with E-state index < -0.39 is 5.41 Å². The Balaban J connectivity index is 1.94. The highest BCUT2D eigenvalue weighted by atomic mass is 35.5. The van der Waals surface area contributed by atoms with Crippen molar-refractivity contribution in [2.45, 2.75) is 31.6 Å². The highest BCUT2D eigenvalue weighted by Gasteiger charge is 2.51. The number of likely N-dealkylation sites (tertiary alicyclic amines) is 1. The first kappa shape index (κ1) is 24.7. The normalized spacial score (nSPS) is 15.0. The van der Waals surface area contributed by atoms with Gasteiger partial charge in [0.05, 0.1) is 36.4 Å². The van der Waals surface area contributed by atoms with Crippen molar-refractivity contribution in [3.05, 3.63) is 58.4 Å². The smallest absolute Gasteiger partial charge is 0.306 e. The molecule has 3 rings (SSSR count). The zero-order chi connectivity index (χ0) is 24.2. The molecule has 1 aliphatic heterocycles. The minimum Gasteiger partial charge on any atom is -0.469 e. The second-order valence-corrected chi connectivity index (χ2v) is 8.83. The monoisotopic (exact) mass is 472 g/mol. The van der Waals surface area contributed by atoms with Crippen molar-refractivity contribution in [1.82, 2.24) is 15.2 Å². The maximum Gasteiger partial charge on any atom is 0.306 e. The van der Waals surface area contributed by atoms with Gasteiger partial charge in [-0.25, -0.2) is 4.98 Å². The van der Waals surface area contributed by atoms with Gasteiger partial charge in [-0.05, 0) is 23.1 Å². The molecule has 1 aliphatic rings. The molecule has 1 aromatic heterocycles. The van der Waals surface area contributed by atoms with Crippen molar-refractivity contribution in [3.8, 4) is 0 Å². The number of amides is 2. The summed E-state index contributed by atoms with van der Waals surface area (Å²) in [6.45, 7) is 5.55. The highest BCUT2D eigenvalue weighted by molar-refractivity contribution is 6.30. The molecular formula is C24H29ClN4O4. The SMILES string of the molecule is CNC(=O)c1cc(Cl)ncc1NC(=O)C1(c2ccccc2C(C)C)CN(CCC(=O)OC)C1. The van der Waals surface area contributed by atoms with Crippen LogP contribution in [0.4, 0.5) is 5.69 Å². The van der Waals surface area contributed by atoms with Crippen molar-refractivity contribution in [1.29, 1.82) is 0 Å². The van der Waals surface area contributed by atoms with Gasteiger partial charge < -0.3 is 15.4 Å². The molecule has 1 saturated heterocycles. The summed E-state index contributed by atoms with van der Waals surface area (Å²) in [7, 11) is 2.87. The Morgan fingerprint density at radius 2 is 1.94 bits per heavy atom. The average Bonchev–Trinajstić information content (AvgIpc) is 2.78. The van der Waals surface area contributed by atoms with Crippen molar-refractivity contribution < 1.29 is 19.1 Å². The molecule has 9 heteroatoms. The van der Waals surface area contributed by atoms with Crippen LogP contribution >= 0.6 is 11.6 Å². The van der Waals surface area contributed by atoms with Gasteiger partial charge in [0, 0.05) is 26.7 Å². The minimum absolute atomic E-state index is 0.157. The van der Waals surface area contributed by atoms with Crippen LogP contribution in [0.25, 0.3) is 0 Å². The van der Waals surface area contributed by atoms with Gasteiger partial charge in [0.25, 0.3) is 5.91 Å². The maximum absolute atomic E-state index is 13.8. The van der Waals surface area contributed by atoms with Crippen molar-refractivity contribution in [2.75, 3.05) is 39.1 Å². The molecule has 0 saturated carbocycles. The number of carbonyl (C=O) groups is 3. The molecule has 8 nitrogen and oxygen atoms in total. The number of hydrogen-bond donors (Lipinski definition) is 2. The molecule has 1 fully saturated rings. The maximum atomic E-state index is 13.8. The number of pyridine rings is 1. The van der Waals surface area contributed by atoms with Gasteiger partial charge >= 0.3 is 5.97 Å². The fourth-order valence-corrected chi connectivity index (χ4v) is 4.35. The molecule has 0 unspecified atom stereocenters. The van der Waals surface area contributed by atoms with Crippen LogP contribution in [0.1, 0.15) is 47.7 Å². The van der Waals surface area contributed by atoms with Crippen molar-refractivity contribution >= 4 is 35.1 Å². The third kappa shape index (κ3) is 5.17. The predicted molar refractivity (Wildman–Crippen MR) is 127 cm³/mol. The van der Waals surface area contributed by atoms with E-state index in [0.717, 1.165) is 11.1 Å². The van der Waals surface area contributed by atoms with E-state index in [0.29, 0.717) is 19.6 Å². The summed E-state index contributed by atoms with van der Waals surface area (Å²) in [6, 6.07) is 9.32. The number of carbonyl (C=O) groups excluding carboxylic acids is 3. The van der Waals surface area contributed by atoms with Crippen molar-refractivity contribution in [3.63, 3.8) is 0 Å². The van der Waals surface area contributed by atoms with E-state index in [1.807, 2.05) is 29.2 Å². The third-order valence-corrected chi connectivity index (χ3v) is 6.18. The molecule has 2 amide bonds. The zero-order valence-electron chi connectivity index (χ0n) is 19.3. The number of aromatic nitrogens is 1. The molecule has 2 aromatic rings. The first-order chi connectivity index (χ1) is 15.7. The Morgan fingerprint density at radius 3 is 2.58 bits per heavy atom. The summed E-state index contributed by atoms with van der Waals surface area (Å²) in [4.78, 5) is 43.8. The molecule has 0 atom stereocenters. The summed E-state index contributed by atoms with van der Waals surface area (Å²) in [6.07, 6.45) is 1.64. The van der Waals surface area contributed by atoms with Crippen LogP contribution < -0.4 is 10.6 Å². The number of halogens is 1. The van der Waals surface area contributed by atoms with E-state index >= 15 is 0 Å². The molecule has 1 aromatic carbocycles. The van der Waals surface area contributed by atoms with E-state index in [4.69, 9.17) is 16.3 Å². The molecule has 0 spiro atoms. The summed E-state index contributed by atoms with van der Waals surface area (Å²) in [5, 5.41) is 5.63. The standard InChI is InChI=1S/C24H29ClN4O4/c1-15(2)16-7-5-6-8-18(16)24(13-29(14-24)10-9-21(30)33-4)23(32)28-19-12-27-20(25)11-17(19)22(31)26-3/h5-8,11-12,15H,9-10,13-14H2,1-4H3,(H,26,31)(H,28,32). The van der Waals surface area contributed by atoms with Crippen LogP contribution in [0, 0.1) is 0 Å². The predicted octanol–water partition coefficient (Wildman–Crippen LogP) is 2.97. The largest absolute Gasteiger partial charge is 0.469 e. The van der Waals surface area contributed by atoms with Gasteiger partial charge in [0.1, 0.15) is 5.15 Å². The summed E-state index contributed by atoms with van der Waals surface area (Å²) in [5.74, 6) is -0.686. The molecule has 2 heterocycles. The van der Waals surface area contributed by atoms with Gasteiger partial charge in [-0.15, -0.1) is 0 Å². The molecule has 2 N–H and O–H groups in total. The Kier molecular flexibility index (Phi) is 7.71. The third-order valence-electron chi connectivity index (χ3n) is 5.97. The number of ether oxygens (including phenoxy) is 1. The first-order valence-electron chi connectivity index (χ1n) is 10.8. The second kappa shape index (κ2) is 10.3. The van der Waals surface area contributed by atoms with Crippen LogP contribution in [0.5, 0.6) is 0 Å². The highest BCUT2D eigenvalue weighted by Crippen LogP contribution is 2.40. The zero-order valence-corrected chi connectivity index (χ0v) is 20.0. The van der Waals surface area contributed by atoms with E-state index in [1.54, 1.807) is 0 Å². The van der Waals surface area contributed by atoms with Gasteiger partial charge in [-0.2, -0.15) is 0 Å². The number of nitrogens with zero attached hydrogens (tertiary/aromatic N) is 2. The molecule has 176 valence electrons. The Hall–Kier alpha value is -2.97. The lowest BCUT2D eigenvalue weighted by atomic mass is 9.69. The van der Waals surface area contributed by atoms with E-state index in [1.165, 1.54) is 26.4 Å². The quantitative estimate of drug-likeness (QED) is 0.452. The van der Waals surface area contributed by atoms with Gasteiger partial charge in [0.15, 0.2) is 0 Å². The summed E-state index contributed by atoms with van der Waals surface area (Å²) >= 11 is 5.98. The number of anilines is 1. The van der Waals surface area contributed by atoms with Gasteiger partial charge in [-0.3, -0.25) is 19.3 Å². The fraction of sp³-hybridized carbons (Fsp3) is 0.417. The number of rotatable bonds is 8. The lowest BCUT2D eigenvalue weighted by molar-refractivity contribution is -0.141. The first-order valence-corrected chi connectivity index (χ1v) is 11.2. The molecule has 0 aliphatic carbocycles. The number of esters is 1. The van der Waals surface area contributed by atoms with Crippen molar-refractivity contribution in [2.24, 2.45) is 0 Å². The Labute approximate surface area is 198 Å². The summed E-state index contributed by atoms with van der Waals surface area (Å²) < 4.78 is 4.74. The molecule has 33 heavy (non-hydrogen) atoms. The topological polar surface area (TPSA) is 101 Å². The number of benzene rings is 1. The molecular weight excluding hydrogens is 444 g/mol. The molecule has 0 bridgehead atoms. The van der Waals surface area contributed by atoms with Gasteiger partial charge in [0.2, 0.25) is 5.91 Å². The Morgan fingerprint density at radius 1 is 1.24 bits per heavy atom. The minimum atomic E-state index is -0.837. The van der Waals surface area contributed by atoms with Crippen LogP contribution in [-0.4, -0.2) is 61.5 Å². The fourth-order valence-electron chi connectivity index (χ4n) is 4.19. The lowest BCUT2D eigenvalue weighted by Gasteiger charge is -2.50. The van der Waals surface area contributed by atoms with E-state index in [-0.39, 0.29) is 46.5 Å². The number of nitrogens with one attached hydrogen (secondary N) is 2. The van der Waals surface area contributed by atoms with Crippen LogP contribution in [0.3, 0.4) is 0 Å². The summed E-state index contributed by atoms with van der Waals surface area (Å²) in [5.41, 5.74) is 1.71. The number of hydrogen-bond acceptors (Lipinski definition) is 6. The van der Waals surface area contributed by atoms with E-state index in [9.17, 15) is 14.4 Å². The Bertz CT molecular complexity index is 1050. The van der Waals surface area contributed by atoms with Gasteiger partial charge in [-0.1, -0.05) is 49.7 Å². The molecule has 0 radical (unpaired) electrons. The van der Waals surface area contributed by atoms with Crippen LogP contribution in [0.15, 0.2) is 36.5 Å². The number of methoxy groups -OCH3 is 1. The second-order valence-electron chi connectivity index (χ2n) is 8.45. The lowest BCUT2D eigenvalue weighted by Crippen LogP contribution is -2.65. The van der Waals surface area contributed by atoms with E-state index in [2.05, 4.69) is 29.5 Å².